The van der Waals surface area contributed by atoms with Gasteiger partial charge in [0.05, 0.1) is 5.52 Å². The van der Waals surface area contributed by atoms with Gasteiger partial charge in [0.2, 0.25) is 0 Å². The number of carbonyl (C=O) groups excluding carboxylic acids is 1. The zero-order chi connectivity index (χ0) is 19.0. The molecule has 134 valence electrons. The van der Waals surface area contributed by atoms with Gasteiger partial charge in [-0.25, -0.2) is 0 Å². The highest BCUT2D eigenvalue weighted by Crippen LogP contribution is 2.29. The van der Waals surface area contributed by atoms with E-state index in [4.69, 9.17) is 34.8 Å². The smallest absolute Gasteiger partial charge is 0.256 e. The number of aromatic amines is 1. The van der Waals surface area contributed by atoms with Gasteiger partial charge in [0.25, 0.3) is 5.91 Å². The van der Waals surface area contributed by atoms with Crippen molar-refractivity contribution in [1.29, 1.82) is 0 Å². The SMILES string of the molecule is O=C(Nc1n[nH]c2cc(-c3cccc(Cl)c3)ccc12)c1cc(Cl)cc(Cl)c1. The number of hydrogen-bond donors (Lipinski definition) is 2. The Hall–Kier alpha value is -2.53. The van der Waals surface area contributed by atoms with E-state index in [0.717, 1.165) is 22.0 Å². The van der Waals surface area contributed by atoms with Crippen molar-refractivity contribution < 1.29 is 4.79 Å². The summed E-state index contributed by atoms with van der Waals surface area (Å²) in [5.41, 5.74) is 3.15. The van der Waals surface area contributed by atoms with Crippen molar-refractivity contribution in [3.63, 3.8) is 0 Å². The minimum atomic E-state index is -0.341. The van der Waals surface area contributed by atoms with E-state index in [1.165, 1.54) is 0 Å². The van der Waals surface area contributed by atoms with E-state index in [2.05, 4.69) is 15.5 Å². The molecule has 7 heteroatoms. The number of fused-ring (bicyclic) bond motifs is 1. The Morgan fingerprint density at radius 2 is 1.59 bits per heavy atom. The Morgan fingerprint density at radius 3 is 2.33 bits per heavy atom. The zero-order valence-corrected chi connectivity index (χ0v) is 16.0. The van der Waals surface area contributed by atoms with Crippen molar-refractivity contribution in [2.45, 2.75) is 0 Å². The summed E-state index contributed by atoms with van der Waals surface area (Å²) in [5.74, 6) is 0.0930. The highest BCUT2D eigenvalue weighted by atomic mass is 35.5. The lowest BCUT2D eigenvalue weighted by Crippen LogP contribution is -2.12. The molecule has 0 radical (unpaired) electrons. The molecule has 3 aromatic carbocycles. The van der Waals surface area contributed by atoms with Crippen molar-refractivity contribution >= 4 is 57.4 Å². The summed E-state index contributed by atoms with van der Waals surface area (Å²) in [6.07, 6.45) is 0. The number of aromatic nitrogens is 2. The van der Waals surface area contributed by atoms with Crippen LogP contribution in [0, 0.1) is 0 Å². The fourth-order valence-electron chi connectivity index (χ4n) is 2.83. The number of nitrogens with one attached hydrogen (secondary N) is 2. The van der Waals surface area contributed by atoms with E-state index < -0.39 is 0 Å². The van der Waals surface area contributed by atoms with Gasteiger partial charge in [-0.2, -0.15) is 5.10 Å². The molecule has 0 aliphatic carbocycles. The van der Waals surface area contributed by atoms with Crippen molar-refractivity contribution in [3.8, 4) is 11.1 Å². The largest absolute Gasteiger partial charge is 0.305 e. The van der Waals surface area contributed by atoms with Gasteiger partial charge in [-0.15, -0.1) is 0 Å². The van der Waals surface area contributed by atoms with Crippen molar-refractivity contribution in [2.24, 2.45) is 0 Å². The summed E-state index contributed by atoms with van der Waals surface area (Å²) in [4.78, 5) is 12.5. The van der Waals surface area contributed by atoms with Gasteiger partial charge in [-0.1, -0.05) is 53.0 Å². The molecule has 0 fully saturated rings. The first-order valence-corrected chi connectivity index (χ1v) is 9.14. The van der Waals surface area contributed by atoms with Gasteiger partial charge in [0, 0.05) is 26.0 Å². The Labute approximate surface area is 170 Å². The van der Waals surface area contributed by atoms with Crippen molar-refractivity contribution in [2.75, 3.05) is 5.32 Å². The standard InChI is InChI=1S/C20H12Cl3N3O/c21-14-3-1-2-11(6-14)12-4-5-17-18(9-12)25-26-19(17)24-20(27)13-7-15(22)10-16(23)8-13/h1-10H,(H2,24,25,26,27). The van der Waals surface area contributed by atoms with Crippen LogP contribution in [0.2, 0.25) is 15.1 Å². The van der Waals surface area contributed by atoms with E-state index >= 15 is 0 Å². The highest BCUT2D eigenvalue weighted by molar-refractivity contribution is 6.35. The Bertz CT molecular complexity index is 1150. The van der Waals surface area contributed by atoms with Crippen LogP contribution < -0.4 is 5.32 Å². The molecular formula is C20H12Cl3N3O. The van der Waals surface area contributed by atoms with Crippen molar-refractivity contribution in [1.82, 2.24) is 10.2 Å². The van der Waals surface area contributed by atoms with E-state index in [0.29, 0.717) is 26.4 Å². The second-order valence-corrected chi connectivity index (χ2v) is 7.26. The van der Waals surface area contributed by atoms with Gasteiger partial charge in [0.15, 0.2) is 5.82 Å². The molecule has 0 atom stereocenters. The maximum absolute atomic E-state index is 12.5. The Balaban J connectivity index is 1.64. The second-order valence-electron chi connectivity index (χ2n) is 5.96. The van der Waals surface area contributed by atoms with Gasteiger partial charge in [-0.3, -0.25) is 9.89 Å². The average Bonchev–Trinajstić information content (AvgIpc) is 3.03. The van der Waals surface area contributed by atoms with Crippen LogP contribution in [0.4, 0.5) is 5.82 Å². The first-order chi connectivity index (χ1) is 13.0. The first-order valence-electron chi connectivity index (χ1n) is 8.01. The lowest BCUT2D eigenvalue weighted by Gasteiger charge is -2.05. The van der Waals surface area contributed by atoms with Crippen LogP contribution in [0.3, 0.4) is 0 Å². The molecule has 0 saturated carbocycles. The van der Waals surface area contributed by atoms with Crippen LogP contribution in [0.15, 0.2) is 60.7 Å². The molecule has 27 heavy (non-hydrogen) atoms. The molecule has 1 aromatic heterocycles. The Morgan fingerprint density at radius 1 is 0.852 bits per heavy atom. The molecule has 1 amide bonds. The molecule has 2 N–H and O–H groups in total. The molecule has 4 rings (SSSR count). The average molecular weight is 417 g/mol. The molecule has 1 heterocycles. The number of halogens is 3. The number of amides is 1. The number of carbonyl (C=O) groups is 1. The van der Waals surface area contributed by atoms with Gasteiger partial charge >= 0.3 is 0 Å². The molecule has 0 spiro atoms. The third kappa shape index (κ3) is 3.78. The molecule has 0 unspecified atom stereocenters. The monoisotopic (exact) mass is 415 g/mol. The summed E-state index contributed by atoms with van der Waals surface area (Å²) < 4.78 is 0. The quantitative estimate of drug-likeness (QED) is 0.403. The predicted molar refractivity (Wildman–Crippen MR) is 111 cm³/mol. The summed E-state index contributed by atoms with van der Waals surface area (Å²) >= 11 is 18.0. The minimum absolute atomic E-state index is 0.341. The number of rotatable bonds is 3. The van der Waals surface area contributed by atoms with E-state index in [1.807, 2.05) is 42.5 Å². The zero-order valence-electron chi connectivity index (χ0n) is 13.8. The minimum Gasteiger partial charge on any atom is -0.305 e. The van der Waals surface area contributed by atoms with Gasteiger partial charge < -0.3 is 5.32 Å². The first kappa shape index (κ1) is 17.9. The van der Waals surface area contributed by atoms with Gasteiger partial charge in [-0.05, 0) is 53.6 Å². The van der Waals surface area contributed by atoms with E-state index in [9.17, 15) is 4.79 Å². The summed E-state index contributed by atoms with van der Waals surface area (Å²) in [5, 5.41) is 12.2. The van der Waals surface area contributed by atoms with Crippen LogP contribution in [-0.2, 0) is 0 Å². The molecule has 0 saturated heterocycles. The van der Waals surface area contributed by atoms with E-state index in [1.54, 1.807) is 18.2 Å². The molecule has 4 aromatic rings. The highest BCUT2D eigenvalue weighted by Gasteiger charge is 2.13. The van der Waals surface area contributed by atoms with Crippen molar-refractivity contribution in [3.05, 3.63) is 81.3 Å². The Kier molecular flexibility index (Phi) is 4.79. The molecule has 4 nitrogen and oxygen atoms in total. The predicted octanol–water partition coefficient (Wildman–Crippen LogP) is 6.44. The molecule has 0 bridgehead atoms. The van der Waals surface area contributed by atoms with E-state index in [-0.39, 0.29) is 5.91 Å². The number of H-pyrrole nitrogens is 1. The third-order valence-electron chi connectivity index (χ3n) is 4.08. The normalized spacial score (nSPS) is 10.9. The summed E-state index contributed by atoms with van der Waals surface area (Å²) in [6.45, 7) is 0. The number of hydrogen-bond acceptors (Lipinski definition) is 2. The second kappa shape index (κ2) is 7.24. The van der Waals surface area contributed by atoms with Crippen LogP contribution in [0.1, 0.15) is 10.4 Å². The third-order valence-corrected chi connectivity index (χ3v) is 4.75. The molecular weight excluding hydrogens is 405 g/mol. The molecule has 0 aliphatic rings. The lowest BCUT2D eigenvalue weighted by molar-refractivity contribution is 0.102. The fraction of sp³-hybridized carbons (Fsp3) is 0. The topological polar surface area (TPSA) is 57.8 Å². The fourth-order valence-corrected chi connectivity index (χ4v) is 3.54. The summed E-state index contributed by atoms with van der Waals surface area (Å²) in [6, 6.07) is 18.1. The lowest BCUT2D eigenvalue weighted by atomic mass is 10.0. The van der Waals surface area contributed by atoms with Crippen LogP contribution >= 0.6 is 34.8 Å². The van der Waals surface area contributed by atoms with Crippen LogP contribution in [0.5, 0.6) is 0 Å². The van der Waals surface area contributed by atoms with Crippen LogP contribution in [0.25, 0.3) is 22.0 Å². The number of nitrogens with zero attached hydrogens (tertiary/aromatic N) is 1. The maximum Gasteiger partial charge on any atom is 0.256 e. The summed E-state index contributed by atoms with van der Waals surface area (Å²) in [7, 11) is 0. The number of anilines is 1. The maximum atomic E-state index is 12.5. The van der Waals surface area contributed by atoms with Gasteiger partial charge in [0.1, 0.15) is 0 Å². The molecule has 0 aliphatic heterocycles. The van der Waals surface area contributed by atoms with Crippen LogP contribution in [-0.4, -0.2) is 16.1 Å². The number of benzene rings is 3.